The van der Waals surface area contributed by atoms with E-state index in [4.69, 9.17) is 24.9 Å². The summed E-state index contributed by atoms with van der Waals surface area (Å²) in [6, 6.07) is 50.0. The summed E-state index contributed by atoms with van der Waals surface area (Å²) < 4.78 is 2.26. The first-order valence-electron chi connectivity index (χ1n) is 15.4. The van der Waals surface area contributed by atoms with Crippen LogP contribution in [0.4, 0.5) is 0 Å². The van der Waals surface area contributed by atoms with Gasteiger partial charge in [0.15, 0.2) is 17.5 Å². The van der Waals surface area contributed by atoms with Gasteiger partial charge >= 0.3 is 0 Å². The standard InChI is InChI=1S/C41H25N5S/c1-3-12-26(13-4-1)28-17-11-18-30(22-28)40-44-39(27-14-5-2-6-15-27)45-41(46-40)31-23-29-16-7-8-19-32(29)34(24-31)37-38-36(42-25-43-37)33-20-9-10-21-35(33)47-38/h1-25H. The first-order chi connectivity index (χ1) is 23.3. The second-order valence-electron chi connectivity index (χ2n) is 11.4. The number of nitrogens with zero attached hydrogens (tertiary/aromatic N) is 5. The van der Waals surface area contributed by atoms with Crippen LogP contribution >= 0.6 is 11.3 Å². The number of thiophene rings is 1. The SMILES string of the molecule is c1ccc(-c2cccc(-c3nc(-c4ccccc4)nc(-c4cc(-c5ncnc6c5sc5ccccc56)c5ccccc5c4)n3)c2)cc1. The van der Waals surface area contributed by atoms with Crippen LogP contribution in [-0.2, 0) is 0 Å². The highest BCUT2D eigenvalue weighted by atomic mass is 32.1. The highest BCUT2D eigenvalue weighted by Gasteiger charge is 2.18. The van der Waals surface area contributed by atoms with E-state index in [0.717, 1.165) is 65.4 Å². The fraction of sp³-hybridized carbons (Fsp3) is 0. The van der Waals surface area contributed by atoms with E-state index < -0.39 is 0 Å². The lowest BCUT2D eigenvalue weighted by Gasteiger charge is -2.13. The number of benzene rings is 6. The topological polar surface area (TPSA) is 64.5 Å². The van der Waals surface area contributed by atoms with Gasteiger partial charge in [0.1, 0.15) is 6.33 Å². The molecule has 6 aromatic carbocycles. The lowest BCUT2D eigenvalue weighted by Crippen LogP contribution is -2.01. The molecule has 0 fully saturated rings. The number of rotatable bonds is 5. The largest absolute Gasteiger partial charge is 0.235 e. The molecule has 0 aliphatic rings. The summed E-state index contributed by atoms with van der Waals surface area (Å²) in [6.07, 6.45) is 1.67. The average molecular weight is 620 g/mol. The van der Waals surface area contributed by atoms with Gasteiger partial charge in [0.25, 0.3) is 0 Å². The Morgan fingerprint density at radius 2 is 1.04 bits per heavy atom. The predicted molar refractivity (Wildman–Crippen MR) is 193 cm³/mol. The van der Waals surface area contributed by atoms with Crippen LogP contribution in [0.5, 0.6) is 0 Å². The van der Waals surface area contributed by atoms with Gasteiger partial charge in [-0.3, -0.25) is 0 Å². The molecule has 0 amide bonds. The Hall–Kier alpha value is -6.11. The monoisotopic (exact) mass is 619 g/mol. The molecule has 9 rings (SSSR count). The van der Waals surface area contributed by atoms with Gasteiger partial charge in [0.2, 0.25) is 0 Å². The molecule has 9 aromatic rings. The van der Waals surface area contributed by atoms with Crippen molar-refractivity contribution in [3.63, 3.8) is 0 Å². The fourth-order valence-corrected chi connectivity index (χ4v) is 7.33. The molecule has 220 valence electrons. The molecular formula is C41H25N5S. The van der Waals surface area contributed by atoms with Crippen molar-refractivity contribution >= 4 is 42.4 Å². The Balaban J connectivity index is 1.27. The van der Waals surface area contributed by atoms with E-state index in [1.807, 2.05) is 36.4 Å². The Morgan fingerprint density at radius 3 is 1.85 bits per heavy atom. The predicted octanol–water partition coefficient (Wildman–Crippen LogP) is 10.5. The van der Waals surface area contributed by atoms with Crippen molar-refractivity contribution in [3.8, 4) is 56.5 Å². The molecule has 0 N–H and O–H groups in total. The number of aromatic nitrogens is 5. The zero-order valence-electron chi connectivity index (χ0n) is 25.1. The quantitative estimate of drug-likeness (QED) is 0.192. The summed E-state index contributed by atoms with van der Waals surface area (Å²) in [5.74, 6) is 1.85. The summed E-state index contributed by atoms with van der Waals surface area (Å²) in [7, 11) is 0. The smallest absolute Gasteiger partial charge is 0.164 e. The Labute approximate surface area is 275 Å². The molecule has 47 heavy (non-hydrogen) atoms. The van der Waals surface area contributed by atoms with E-state index in [0.29, 0.717) is 17.5 Å². The molecule has 0 bridgehead atoms. The summed E-state index contributed by atoms with van der Waals surface area (Å²) in [5, 5.41) is 3.34. The van der Waals surface area contributed by atoms with Crippen LogP contribution in [0.25, 0.3) is 87.6 Å². The third-order valence-electron chi connectivity index (χ3n) is 8.43. The third kappa shape index (κ3) is 4.92. The van der Waals surface area contributed by atoms with Crippen LogP contribution in [0, 0.1) is 0 Å². The van der Waals surface area contributed by atoms with Crippen LogP contribution in [0.1, 0.15) is 0 Å². The minimum absolute atomic E-state index is 0.604. The van der Waals surface area contributed by atoms with Gasteiger partial charge in [0.05, 0.1) is 15.9 Å². The first-order valence-corrected chi connectivity index (χ1v) is 16.2. The molecule has 3 aromatic heterocycles. The van der Waals surface area contributed by atoms with Crippen molar-refractivity contribution < 1.29 is 0 Å². The van der Waals surface area contributed by atoms with Crippen LogP contribution < -0.4 is 0 Å². The molecule has 3 heterocycles. The molecule has 0 aliphatic heterocycles. The fourth-order valence-electron chi connectivity index (χ4n) is 6.17. The normalized spacial score (nSPS) is 11.4. The Morgan fingerprint density at radius 1 is 0.426 bits per heavy atom. The second kappa shape index (κ2) is 11.4. The van der Waals surface area contributed by atoms with Gasteiger partial charge in [-0.05, 0) is 46.2 Å². The van der Waals surface area contributed by atoms with Crippen molar-refractivity contribution in [1.29, 1.82) is 0 Å². The maximum Gasteiger partial charge on any atom is 0.164 e. The molecule has 0 spiro atoms. The van der Waals surface area contributed by atoms with Gasteiger partial charge in [-0.15, -0.1) is 11.3 Å². The maximum absolute atomic E-state index is 5.12. The van der Waals surface area contributed by atoms with Gasteiger partial charge in [0, 0.05) is 32.3 Å². The van der Waals surface area contributed by atoms with Crippen LogP contribution in [0.2, 0.25) is 0 Å². The van der Waals surface area contributed by atoms with Crippen molar-refractivity contribution in [2.45, 2.75) is 0 Å². The summed E-state index contributed by atoms with van der Waals surface area (Å²) in [4.78, 5) is 24.8. The molecule has 0 aliphatic carbocycles. The second-order valence-corrected chi connectivity index (χ2v) is 12.4. The molecule has 0 atom stereocenters. The zero-order valence-corrected chi connectivity index (χ0v) is 25.9. The lowest BCUT2D eigenvalue weighted by molar-refractivity contribution is 1.07. The van der Waals surface area contributed by atoms with Gasteiger partial charge < -0.3 is 0 Å². The number of fused-ring (bicyclic) bond motifs is 4. The molecule has 0 saturated heterocycles. The van der Waals surface area contributed by atoms with Crippen molar-refractivity contribution in [3.05, 3.63) is 152 Å². The van der Waals surface area contributed by atoms with Gasteiger partial charge in [-0.1, -0.05) is 121 Å². The molecule has 5 nitrogen and oxygen atoms in total. The Kier molecular flexibility index (Phi) is 6.58. The van der Waals surface area contributed by atoms with Crippen molar-refractivity contribution in [1.82, 2.24) is 24.9 Å². The van der Waals surface area contributed by atoms with Crippen LogP contribution in [0.15, 0.2) is 152 Å². The molecule has 0 unspecified atom stereocenters. The summed E-state index contributed by atoms with van der Waals surface area (Å²) in [5.41, 5.74) is 7.90. The lowest BCUT2D eigenvalue weighted by atomic mass is 9.97. The van der Waals surface area contributed by atoms with Crippen LogP contribution in [-0.4, -0.2) is 24.9 Å². The van der Waals surface area contributed by atoms with E-state index in [9.17, 15) is 0 Å². The van der Waals surface area contributed by atoms with E-state index >= 15 is 0 Å². The minimum atomic E-state index is 0.604. The third-order valence-corrected chi connectivity index (χ3v) is 9.60. The van der Waals surface area contributed by atoms with E-state index in [1.165, 1.54) is 4.70 Å². The molecular weight excluding hydrogens is 595 g/mol. The molecule has 6 heteroatoms. The van der Waals surface area contributed by atoms with Crippen molar-refractivity contribution in [2.75, 3.05) is 0 Å². The highest BCUT2D eigenvalue weighted by Crippen LogP contribution is 2.41. The van der Waals surface area contributed by atoms with Crippen molar-refractivity contribution in [2.24, 2.45) is 0 Å². The average Bonchev–Trinajstić information content (AvgIpc) is 3.54. The first kappa shape index (κ1) is 27.2. The van der Waals surface area contributed by atoms with Gasteiger partial charge in [-0.2, -0.15) is 0 Å². The zero-order chi connectivity index (χ0) is 31.2. The minimum Gasteiger partial charge on any atom is -0.235 e. The van der Waals surface area contributed by atoms with E-state index in [1.54, 1.807) is 17.7 Å². The number of hydrogen-bond acceptors (Lipinski definition) is 6. The number of hydrogen-bond donors (Lipinski definition) is 0. The van der Waals surface area contributed by atoms with E-state index in [-0.39, 0.29) is 0 Å². The summed E-state index contributed by atoms with van der Waals surface area (Å²) in [6.45, 7) is 0. The van der Waals surface area contributed by atoms with Gasteiger partial charge in [-0.25, -0.2) is 24.9 Å². The maximum atomic E-state index is 5.12. The summed E-state index contributed by atoms with van der Waals surface area (Å²) >= 11 is 1.73. The Bertz CT molecular complexity index is 2580. The van der Waals surface area contributed by atoms with Crippen LogP contribution in [0.3, 0.4) is 0 Å². The highest BCUT2D eigenvalue weighted by molar-refractivity contribution is 7.26. The molecule has 0 saturated carbocycles. The van der Waals surface area contributed by atoms with E-state index in [2.05, 4.69) is 109 Å². The molecule has 0 radical (unpaired) electrons.